The van der Waals surface area contributed by atoms with E-state index in [1.54, 1.807) is 19.1 Å². The minimum atomic E-state index is -0.793. The second-order valence-electron chi connectivity index (χ2n) is 6.99. The van der Waals surface area contributed by atoms with Gasteiger partial charge in [-0.2, -0.15) is 0 Å². The first kappa shape index (κ1) is 21.3. The predicted molar refractivity (Wildman–Crippen MR) is 100 cm³/mol. The number of phenolic OH excluding ortho intramolecular Hbond substituents is 1. The van der Waals surface area contributed by atoms with Crippen LogP contribution in [-0.4, -0.2) is 39.4 Å². The van der Waals surface area contributed by atoms with Crippen molar-refractivity contribution in [3.05, 3.63) is 29.5 Å². The third-order valence-electron chi connectivity index (χ3n) is 3.75. The average molecular weight is 371 g/mol. The molecule has 1 heterocycles. The molecule has 25 heavy (non-hydrogen) atoms. The van der Waals surface area contributed by atoms with Crippen molar-refractivity contribution in [1.82, 2.24) is 10.3 Å². The predicted octanol–water partition coefficient (Wildman–Crippen LogP) is 3.28. The van der Waals surface area contributed by atoms with Gasteiger partial charge in [-0.3, -0.25) is 0 Å². The number of carbonyl (C=O) groups is 1. The zero-order chi connectivity index (χ0) is 18.1. The van der Waals surface area contributed by atoms with Crippen molar-refractivity contribution in [2.75, 3.05) is 6.61 Å². The molecule has 0 aliphatic rings. The molecule has 0 bridgehead atoms. The number of nitrogens with one attached hydrogen (secondary N) is 2. The van der Waals surface area contributed by atoms with Crippen molar-refractivity contribution in [1.29, 1.82) is 0 Å². The fraction of sp³-hybridized carbons (Fsp3) is 0.500. The van der Waals surface area contributed by atoms with Crippen LogP contribution in [0, 0.1) is 0 Å². The van der Waals surface area contributed by atoms with Crippen molar-refractivity contribution >= 4 is 29.3 Å². The Balaban J connectivity index is 0.00000312. The largest absolute Gasteiger partial charge is 0.506 e. The van der Waals surface area contributed by atoms with Crippen LogP contribution in [0.3, 0.4) is 0 Å². The maximum atomic E-state index is 11.9. The highest BCUT2D eigenvalue weighted by Gasteiger charge is 2.25. The SMILES string of the molecule is CCOC(=O)c1cc2c(C(O)C(C)NC(C)(C)C)ccc(O)c2[nH]1.Cl. The zero-order valence-corrected chi connectivity index (χ0v) is 16.0. The van der Waals surface area contributed by atoms with Crippen LogP contribution in [0.15, 0.2) is 18.2 Å². The number of ether oxygens (including phenoxy) is 1. The van der Waals surface area contributed by atoms with Crippen LogP contribution in [0.1, 0.15) is 56.8 Å². The van der Waals surface area contributed by atoms with Gasteiger partial charge in [-0.05, 0) is 52.3 Å². The molecule has 0 amide bonds. The van der Waals surface area contributed by atoms with Crippen molar-refractivity contribution in [2.24, 2.45) is 0 Å². The molecule has 2 atom stereocenters. The monoisotopic (exact) mass is 370 g/mol. The van der Waals surface area contributed by atoms with Crippen LogP contribution < -0.4 is 5.32 Å². The highest BCUT2D eigenvalue weighted by molar-refractivity contribution is 5.98. The Labute approximate surface area is 154 Å². The number of aliphatic hydroxyl groups excluding tert-OH is 1. The van der Waals surface area contributed by atoms with E-state index in [1.807, 2.05) is 27.7 Å². The molecule has 0 saturated carbocycles. The molecule has 6 nitrogen and oxygen atoms in total. The molecule has 2 rings (SSSR count). The number of aromatic hydroxyl groups is 1. The summed E-state index contributed by atoms with van der Waals surface area (Å²) in [6.07, 6.45) is -0.793. The van der Waals surface area contributed by atoms with Crippen molar-refractivity contribution < 1.29 is 19.7 Å². The first-order valence-corrected chi connectivity index (χ1v) is 8.11. The summed E-state index contributed by atoms with van der Waals surface area (Å²) in [4.78, 5) is 14.8. The maximum absolute atomic E-state index is 11.9. The van der Waals surface area contributed by atoms with E-state index in [-0.39, 0.29) is 42.0 Å². The molecule has 0 aliphatic carbocycles. The van der Waals surface area contributed by atoms with E-state index >= 15 is 0 Å². The van der Waals surface area contributed by atoms with Crippen LogP contribution in [0.5, 0.6) is 5.75 Å². The van der Waals surface area contributed by atoms with Crippen molar-refractivity contribution in [3.63, 3.8) is 0 Å². The van der Waals surface area contributed by atoms with Gasteiger partial charge < -0.3 is 25.3 Å². The van der Waals surface area contributed by atoms with Crippen LogP contribution >= 0.6 is 12.4 Å². The molecular formula is C18H27ClN2O4. The zero-order valence-electron chi connectivity index (χ0n) is 15.2. The molecule has 1 aromatic heterocycles. The molecule has 0 radical (unpaired) electrons. The van der Waals surface area contributed by atoms with Gasteiger partial charge in [0, 0.05) is 17.0 Å². The summed E-state index contributed by atoms with van der Waals surface area (Å²) in [6, 6.07) is 4.58. The Hall–Kier alpha value is -1.76. The number of aromatic nitrogens is 1. The van der Waals surface area contributed by atoms with E-state index in [2.05, 4.69) is 10.3 Å². The highest BCUT2D eigenvalue weighted by Crippen LogP contribution is 2.33. The molecule has 2 aromatic rings. The van der Waals surface area contributed by atoms with Crippen LogP contribution in [0.4, 0.5) is 0 Å². The van der Waals surface area contributed by atoms with Gasteiger partial charge >= 0.3 is 5.97 Å². The van der Waals surface area contributed by atoms with Gasteiger partial charge in [-0.15, -0.1) is 12.4 Å². The lowest BCUT2D eigenvalue weighted by molar-refractivity contribution is 0.0520. The molecule has 4 N–H and O–H groups in total. The Morgan fingerprint density at radius 3 is 2.56 bits per heavy atom. The topological polar surface area (TPSA) is 94.6 Å². The fourth-order valence-corrected chi connectivity index (χ4v) is 2.83. The fourth-order valence-electron chi connectivity index (χ4n) is 2.83. The average Bonchev–Trinajstić information content (AvgIpc) is 2.91. The van der Waals surface area contributed by atoms with Crippen molar-refractivity contribution in [2.45, 2.75) is 52.3 Å². The second kappa shape index (κ2) is 8.08. The van der Waals surface area contributed by atoms with E-state index in [4.69, 9.17) is 4.74 Å². The third kappa shape index (κ3) is 4.87. The molecule has 0 aliphatic heterocycles. The number of rotatable bonds is 5. The quantitative estimate of drug-likeness (QED) is 0.606. The molecule has 140 valence electrons. The van der Waals surface area contributed by atoms with Crippen LogP contribution in [0.25, 0.3) is 10.9 Å². The summed E-state index contributed by atoms with van der Waals surface area (Å²) in [7, 11) is 0. The summed E-state index contributed by atoms with van der Waals surface area (Å²) in [5.41, 5.74) is 1.15. The third-order valence-corrected chi connectivity index (χ3v) is 3.75. The summed E-state index contributed by atoms with van der Waals surface area (Å²) in [5.74, 6) is -0.470. The number of phenols is 1. The summed E-state index contributed by atoms with van der Waals surface area (Å²) >= 11 is 0. The molecule has 0 saturated heterocycles. The number of aromatic amines is 1. The minimum absolute atomic E-state index is 0. The van der Waals surface area contributed by atoms with E-state index in [0.717, 1.165) is 0 Å². The molecule has 1 aromatic carbocycles. The van der Waals surface area contributed by atoms with Gasteiger partial charge in [0.1, 0.15) is 11.4 Å². The highest BCUT2D eigenvalue weighted by atomic mass is 35.5. The minimum Gasteiger partial charge on any atom is -0.506 e. The summed E-state index contributed by atoms with van der Waals surface area (Å²) in [6.45, 7) is 9.97. The normalized spacial score (nSPS) is 14.0. The number of esters is 1. The number of carbonyl (C=O) groups excluding carboxylic acids is 1. The smallest absolute Gasteiger partial charge is 0.354 e. The van der Waals surface area contributed by atoms with Gasteiger partial charge in [0.25, 0.3) is 0 Å². The summed E-state index contributed by atoms with van der Waals surface area (Å²) < 4.78 is 4.98. The second-order valence-corrected chi connectivity index (χ2v) is 6.99. The van der Waals surface area contributed by atoms with Gasteiger partial charge in [0.2, 0.25) is 0 Å². The van der Waals surface area contributed by atoms with E-state index in [1.165, 1.54) is 6.07 Å². The number of hydrogen-bond donors (Lipinski definition) is 4. The number of fused-ring (bicyclic) bond motifs is 1. The molecule has 7 heteroatoms. The van der Waals surface area contributed by atoms with Gasteiger partial charge in [-0.25, -0.2) is 4.79 Å². The first-order valence-electron chi connectivity index (χ1n) is 8.11. The van der Waals surface area contributed by atoms with Gasteiger partial charge in [0.05, 0.1) is 18.2 Å². The molecular weight excluding hydrogens is 344 g/mol. The maximum Gasteiger partial charge on any atom is 0.354 e. The van der Waals surface area contributed by atoms with Crippen LogP contribution in [0.2, 0.25) is 0 Å². The summed E-state index contributed by atoms with van der Waals surface area (Å²) in [5, 5.41) is 24.7. The number of aliphatic hydroxyl groups is 1. The first-order chi connectivity index (χ1) is 11.1. The Morgan fingerprint density at radius 1 is 1.36 bits per heavy atom. The molecule has 0 fully saturated rings. The van der Waals surface area contributed by atoms with E-state index in [9.17, 15) is 15.0 Å². The Bertz CT molecular complexity index is 736. The lowest BCUT2D eigenvalue weighted by Crippen LogP contribution is -2.45. The lowest BCUT2D eigenvalue weighted by Gasteiger charge is -2.29. The number of hydrogen-bond acceptors (Lipinski definition) is 5. The van der Waals surface area contributed by atoms with Crippen LogP contribution in [-0.2, 0) is 4.74 Å². The lowest BCUT2D eigenvalue weighted by atomic mass is 9.97. The van der Waals surface area contributed by atoms with Gasteiger partial charge in [0.15, 0.2) is 0 Å². The van der Waals surface area contributed by atoms with E-state index < -0.39 is 12.1 Å². The standard InChI is InChI=1S/C18H26N2O4.ClH/c1-6-24-17(23)13-9-12-11(7-8-14(21)15(12)19-13)16(22)10(2)20-18(3,4)5;/h7-10,16,19-22H,6H2,1-5H3;1H. The van der Waals surface area contributed by atoms with Gasteiger partial charge in [-0.1, -0.05) is 6.07 Å². The molecule has 0 spiro atoms. The Morgan fingerprint density at radius 2 is 2.00 bits per heavy atom. The Kier molecular flexibility index (Phi) is 6.88. The number of benzene rings is 1. The molecule has 2 unspecified atom stereocenters. The number of H-pyrrole nitrogens is 1. The number of halogens is 1. The van der Waals surface area contributed by atoms with Crippen molar-refractivity contribution in [3.8, 4) is 5.75 Å². The van der Waals surface area contributed by atoms with E-state index in [0.29, 0.717) is 16.5 Å².